The van der Waals surface area contributed by atoms with Crippen LogP contribution in [0.5, 0.6) is 0 Å². The first-order valence-corrected chi connectivity index (χ1v) is 9.58. The van der Waals surface area contributed by atoms with Gasteiger partial charge >= 0.3 is 6.18 Å². The fourth-order valence-electron chi connectivity index (χ4n) is 3.39. The molecule has 0 fully saturated rings. The molecule has 2 aromatic heterocycles. The van der Waals surface area contributed by atoms with Crippen LogP contribution in [0.3, 0.4) is 0 Å². The first-order valence-electron chi connectivity index (χ1n) is 8.64. The molecule has 30 heavy (non-hydrogen) atoms. The largest absolute Gasteiger partial charge is 0.433 e. The molecule has 0 saturated carbocycles. The van der Waals surface area contributed by atoms with Gasteiger partial charge in [-0.25, -0.2) is 9.38 Å². The second-order valence-electron chi connectivity index (χ2n) is 6.71. The number of carbonyl (C=O) groups excluding carboxylic acids is 1. The number of hydrogen-bond donors (Lipinski definition) is 1. The Hall–Kier alpha value is -3.27. The Bertz CT molecular complexity index is 1160. The van der Waals surface area contributed by atoms with Gasteiger partial charge in [0, 0.05) is 13.2 Å². The van der Waals surface area contributed by atoms with Crippen molar-refractivity contribution in [3.8, 4) is 11.1 Å². The Balaban J connectivity index is 2.00. The zero-order valence-electron chi connectivity index (χ0n) is 15.4. The van der Waals surface area contributed by atoms with Crippen LogP contribution < -0.4 is 5.73 Å². The van der Waals surface area contributed by atoms with Gasteiger partial charge in [-0.05, 0) is 69.4 Å². The second-order valence-corrected chi connectivity index (χ2v) is 7.49. The van der Waals surface area contributed by atoms with E-state index in [9.17, 15) is 22.4 Å². The number of likely N-dealkylation sites (N-methyl/N-ethyl adjacent to an activating group) is 1. The van der Waals surface area contributed by atoms with E-state index in [0.29, 0.717) is 11.1 Å². The number of thiophene rings is 1. The molecule has 3 aromatic rings. The van der Waals surface area contributed by atoms with E-state index in [1.165, 1.54) is 36.6 Å². The third kappa shape index (κ3) is 3.13. The molecular weight excluding hydrogens is 420 g/mol. The van der Waals surface area contributed by atoms with Gasteiger partial charge in [0.1, 0.15) is 11.5 Å². The first kappa shape index (κ1) is 20.0. The molecule has 1 aliphatic heterocycles. The van der Waals surface area contributed by atoms with Gasteiger partial charge in [0.2, 0.25) is 0 Å². The van der Waals surface area contributed by atoms with Gasteiger partial charge in [0.15, 0.2) is 11.5 Å². The predicted octanol–water partition coefficient (Wildman–Crippen LogP) is 4.00. The number of nitrogens with two attached hydrogens (primary N) is 1. The molecule has 5 nitrogen and oxygen atoms in total. The Kier molecular flexibility index (Phi) is 4.61. The van der Waals surface area contributed by atoms with E-state index in [1.807, 2.05) is 0 Å². The number of carbonyl (C=O) groups is 1. The van der Waals surface area contributed by atoms with E-state index in [4.69, 9.17) is 5.73 Å². The van der Waals surface area contributed by atoms with E-state index >= 15 is 0 Å². The number of guanidine groups is 1. The minimum atomic E-state index is -4.73. The highest BCUT2D eigenvalue weighted by atomic mass is 32.1. The zero-order chi connectivity index (χ0) is 21.7. The molecule has 0 radical (unpaired) electrons. The quantitative estimate of drug-likeness (QED) is 0.634. The molecule has 0 aliphatic carbocycles. The van der Waals surface area contributed by atoms with Crippen LogP contribution in [0.1, 0.15) is 16.8 Å². The number of rotatable bonds is 3. The summed E-state index contributed by atoms with van der Waals surface area (Å²) in [6.45, 7) is 0. The van der Waals surface area contributed by atoms with Crippen molar-refractivity contribution in [1.29, 1.82) is 0 Å². The second kappa shape index (κ2) is 6.91. The van der Waals surface area contributed by atoms with Crippen LogP contribution in [-0.4, -0.2) is 28.8 Å². The van der Waals surface area contributed by atoms with Gasteiger partial charge < -0.3 is 5.73 Å². The summed E-state index contributed by atoms with van der Waals surface area (Å²) in [5.74, 6) is -1.54. The van der Waals surface area contributed by atoms with Gasteiger partial charge in [-0.3, -0.25) is 14.7 Å². The molecule has 2 N–H and O–H groups in total. The van der Waals surface area contributed by atoms with Gasteiger partial charge in [0.05, 0.1) is 0 Å². The van der Waals surface area contributed by atoms with Gasteiger partial charge in [-0.15, -0.1) is 0 Å². The zero-order valence-corrected chi connectivity index (χ0v) is 16.3. The summed E-state index contributed by atoms with van der Waals surface area (Å²) in [6, 6.07) is 7.65. The molecule has 10 heteroatoms. The van der Waals surface area contributed by atoms with Gasteiger partial charge in [0.25, 0.3) is 5.91 Å². The van der Waals surface area contributed by atoms with E-state index in [0.717, 1.165) is 23.2 Å². The van der Waals surface area contributed by atoms with Crippen LogP contribution in [-0.2, 0) is 16.5 Å². The van der Waals surface area contributed by atoms with E-state index in [2.05, 4.69) is 9.98 Å². The van der Waals surface area contributed by atoms with Crippen molar-refractivity contribution in [1.82, 2.24) is 9.88 Å². The Labute approximate surface area is 172 Å². The average molecular weight is 434 g/mol. The maximum atomic E-state index is 14.6. The molecule has 0 bridgehead atoms. The summed E-state index contributed by atoms with van der Waals surface area (Å²) in [4.78, 5) is 21.8. The van der Waals surface area contributed by atoms with Crippen LogP contribution in [0.25, 0.3) is 11.1 Å². The lowest BCUT2D eigenvalue weighted by Crippen LogP contribution is -2.41. The number of benzene rings is 1. The van der Waals surface area contributed by atoms with Crippen molar-refractivity contribution in [3.63, 3.8) is 0 Å². The van der Waals surface area contributed by atoms with E-state index < -0.39 is 29.1 Å². The van der Waals surface area contributed by atoms with Gasteiger partial charge in [-0.2, -0.15) is 24.5 Å². The van der Waals surface area contributed by atoms with Crippen molar-refractivity contribution < 1.29 is 22.4 Å². The van der Waals surface area contributed by atoms with Crippen LogP contribution in [0.15, 0.2) is 58.3 Å². The van der Waals surface area contributed by atoms with E-state index in [-0.39, 0.29) is 17.1 Å². The molecule has 1 aliphatic rings. The number of amides is 1. The highest BCUT2D eigenvalue weighted by Gasteiger charge is 2.50. The van der Waals surface area contributed by atoms with Crippen molar-refractivity contribution in [2.45, 2.75) is 11.7 Å². The van der Waals surface area contributed by atoms with Crippen LogP contribution in [0.2, 0.25) is 0 Å². The highest BCUT2D eigenvalue weighted by Crippen LogP contribution is 2.42. The summed E-state index contributed by atoms with van der Waals surface area (Å²) >= 11 is 1.40. The third-order valence-corrected chi connectivity index (χ3v) is 5.56. The molecule has 0 saturated heterocycles. The predicted molar refractivity (Wildman–Crippen MR) is 104 cm³/mol. The van der Waals surface area contributed by atoms with Crippen molar-refractivity contribution >= 4 is 23.2 Å². The van der Waals surface area contributed by atoms with Gasteiger partial charge in [-0.1, -0.05) is 0 Å². The number of aliphatic imine (C=N–C) groups is 1. The Morgan fingerprint density at radius 3 is 2.47 bits per heavy atom. The summed E-state index contributed by atoms with van der Waals surface area (Å²) in [5, 5.41) is 3.60. The number of aromatic nitrogens is 1. The number of alkyl halides is 3. The molecule has 0 spiro atoms. The molecule has 4 rings (SSSR count). The minimum absolute atomic E-state index is 0.0697. The van der Waals surface area contributed by atoms with Crippen molar-refractivity contribution in [3.05, 3.63) is 76.0 Å². The average Bonchev–Trinajstić information content (AvgIpc) is 3.31. The number of hydrogen-bond acceptors (Lipinski definition) is 5. The minimum Gasteiger partial charge on any atom is -0.369 e. The normalized spacial score (nSPS) is 19.3. The van der Waals surface area contributed by atoms with Crippen LogP contribution >= 0.6 is 11.3 Å². The number of halogens is 4. The summed E-state index contributed by atoms with van der Waals surface area (Å²) < 4.78 is 54.4. The molecule has 3 heterocycles. The fraction of sp³-hybridized carbons (Fsp3) is 0.150. The summed E-state index contributed by atoms with van der Waals surface area (Å²) in [7, 11) is 1.36. The Morgan fingerprint density at radius 2 is 1.87 bits per heavy atom. The summed E-state index contributed by atoms with van der Waals surface area (Å²) in [6.07, 6.45) is -3.79. The molecule has 154 valence electrons. The monoisotopic (exact) mass is 434 g/mol. The maximum absolute atomic E-state index is 14.6. The van der Waals surface area contributed by atoms with E-state index in [1.54, 1.807) is 16.8 Å². The fourth-order valence-corrected chi connectivity index (χ4v) is 4.05. The molecule has 1 aromatic carbocycles. The third-order valence-electron chi connectivity index (χ3n) is 4.88. The maximum Gasteiger partial charge on any atom is 0.433 e. The highest BCUT2D eigenvalue weighted by molar-refractivity contribution is 7.08. The van der Waals surface area contributed by atoms with Crippen molar-refractivity contribution in [2.75, 3.05) is 7.05 Å². The molecule has 1 amide bonds. The molecular formula is C20H14F4N4OS. The van der Waals surface area contributed by atoms with Crippen LogP contribution in [0.4, 0.5) is 17.6 Å². The Morgan fingerprint density at radius 1 is 1.10 bits per heavy atom. The van der Waals surface area contributed by atoms with Crippen LogP contribution in [0, 0.1) is 5.82 Å². The topological polar surface area (TPSA) is 71.6 Å². The first-order chi connectivity index (χ1) is 14.1. The summed E-state index contributed by atoms with van der Waals surface area (Å²) in [5.41, 5.74) is 3.82. The standard InChI is InChI=1S/C20H14F4N4OS/c1-28-17(29)19(27-18(28)25,13-2-4-26-16(9-13)20(22,23)24)14-6-12(7-15(21)8-14)11-3-5-30-10-11/h2-10H,1H3,(H2,25,27). The lowest BCUT2D eigenvalue weighted by molar-refractivity contribution is -0.141. The lowest BCUT2D eigenvalue weighted by atomic mass is 9.81. The number of pyridine rings is 1. The lowest BCUT2D eigenvalue weighted by Gasteiger charge is -2.27. The SMILES string of the molecule is CN1C(=O)C(c2cc(F)cc(-c3ccsc3)c2)(c2ccnc(C(F)(F)F)c2)N=C1N. The van der Waals surface area contributed by atoms with Crippen molar-refractivity contribution in [2.24, 2.45) is 10.7 Å². The smallest absolute Gasteiger partial charge is 0.369 e. The molecule has 1 unspecified atom stereocenters. The number of nitrogens with zero attached hydrogens (tertiary/aromatic N) is 3. The molecule has 1 atom stereocenters.